The molecule has 1 saturated heterocycles. The van der Waals surface area contributed by atoms with Crippen LogP contribution in [0.4, 0.5) is 4.39 Å². The maximum absolute atomic E-state index is 13.6. The van der Waals surface area contributed by atoms with Gasteiger partial charge < -0.3 is 15.0 Å². The van der Waals surface area contributed by atoms with Crippen LogP contribution >= 0.6 is 0 Å². The molecule has 2 aliphatic rings. The van der Waals surface area contributed by atoms with Gasteiger partial charge in [0.2, 0.25) is 0 Å². The molecule has 0 radical (unpaired) electrons. The molecule has 0 unspecified atom stereocenters. The highest BCUT2D eigenvalue weighted by molar-refractivity contribution is 6.62. The highest BCUT2D eigenvalue weighted by Gasteiger charge is 2.54. The average molecular weight is 277 g/mol. The number of halogens is 1. The van der Waals surface area contributed by atoms with Crippen molar-refractivity contribution in [3.05, 3.63) is 29.6 Å². The van der Waals surface area contributed by atoms with Gasteiger partial charge in [-0.25, -0.2) is 4.39 Å². The van der Waals surface area contributed by atoms with Gasteiger partial charge in [0.15, 0.2) is 0 Å². The van der Waals surface area contributed by atoms with E-state index in [1.54, 1.807) is 6.07 Å². The smallest absolute Gasteiger partial charge is 0.399 e. The fraction of sp³-hybridized carbons (Fsp3) is 0.600. The molecule has 0 bridgehead atoms. The fourth-order valence-corrected chi connectivity index (χ4v) is 2.56. The van der Waals surface area contributed by atoms with Crippen molar-refractivity contribution in [3.8, 4) is 0 Å². The monoisotopic (exact) mass is 277 g/mol. The van der Waals surface area contributed by atoms with Crippen molar-refractivity contribution in [1.82, 2.24) is 0 Å². The van der Waals surface area contributed by atoms with E-state index in [-0.39, 0.29) is 11.4 Å². The summed E-state index contributed by atoms with van der Waals surface area (Å²) in [6.45, 7) is 7.95. The van der Waals surface area contributed by atoms with Gasteiger partial charge in [-0.05, 0) is 63.7 Å². The standard InChI is InChI=1S/C15H21BFNO2/c1-13(2)14(3,4)20-16(19-13)12-9-10(17)5-6-11(12)15(18)7-8-15/h5-6,9H,7-8,18H2,1-4H3. The summed E-state index contributed by atoms with van der Waals surface area (Å²) in [6.07, 6.45) is 1.84. The minimum absolute atomic E-state index is 0.289. The van der Waals surface area contributed by atoms with Gasteiger partial charge in [-0.1, -0.05) is 6.07 Å². The Morgan fingerprint density at radius 2 is 1.65 bits per heavy atom. The van der Waals surface area contributed by atoms with Crippen LogP contribution in [0.15, 0.2) is 18.2 Å². The van der Waals surface area contributed by atoms with Crippen molar-refractivity contribution in [2.75, 3.05) is 0 Å². The van der Waals surface area contributed by atoms with Crippen LogP contribution in [0.1, 0.15) is 46.1 Å². The average Bonchev–Trinajstić information content (AvgIpc) is 3.01. The molecular formula is C15H21BFNO2. The quantitative estimate of drug-likeness (QED) is 0.842. The molecule has 1 aliphatic carbocycles. The third-order valence-corrected chi connectivity index (χ3v) is 4.85. The molecule has 0 spiro atoms. The summed E-state index contributed by atoms with van der Waals surface area (Å²) in [5.41, 5.74) is 6.74. The molecule has 2 fully saturated rings. The van der Waals surface area contributed by atoms with E-state index in [0.717, 1.165) is 23.9 Å². The number of benzene rings is 1. The zero-order valence-corrected chi connectivity index (χ0v) is 12.5. The van der Waals surface area contributed by atoms with Crippen LogP contribution in [0.3, 0.4) is 0 Å². The summed E-state index contributed by atoms with van der Waals surface area (Å²) in [5.74, 6) is -0.289. The van der Waals surface area contributed by atoms with Crippen LogP contribution < -0.4 is 11.2 Å². The lowest BCUT2D eigenvalue weighted by molar-refractivity contribution is 0.00578. The predicted octanol–water partition coefficient (Wildman–Crippen LogP) is 2.07. The minimum Gasteiger partial charge on any atom is -0.399 e. The topological polar surface area (TPSA) is 44.5 Å². The van der Waals surface area contributed by atoms with E-state index in [4.69, 9.17) is 15.0 Å². The summed E-state index contributed by atoms with van der Waals surface area (Å²) in [6, 6.07) is 4.71. The van der Waals surface area contributed by atoms with Gasteiger partial charge in [0, 0.05) is 5.54 Å². The Hall–Kier alpha value is -0.905. The van der Waals surface area contributed by atoms with Crippen LogP contribution in [0.25, 0.3) is 0 Å². The molecule has 3 rings (SSSR count). The summed E-state index contributed by atoms with van der Waals surface area (Å²) < 4.78 is 25.7. The van der Waals surface area contributed by atoms with Crippen LogP contribution in [0.5, 0.6) is 0 Å². The van der Waals surface area contributed by atoms with Crippen LogP contribution in [-0.2, 0) is 14.8 Å². The third-order valence-electron chi connectivity index (χ3n) is 4.85. The Labute approximate surface area is 119 Å². The maximum atomic E-state index is 13.6. The summed E-state index contributed by atoms with van der Waals surface area (Å²) in [5, 5.41) is 0. The number of hydrogen-bond donors (Lipinski definition) is 1. The van der Waals surface area contributed by atoms with E-state index in [0.29, 0.717) is 0 Å². The highest BCUT2D eigenvalue weighted by Crippen LogP contribution is 2.43. The van der Waals surface area contributed by atoms with E-state index >= 15 is 0 Å². The zero-order chi connectivity index (χ0) is 14.8. The third kappa shape index (κ3) is 2.08. The Kier molecular flexibility index (Phi) is 2.85. The van der Waals surface area contributed by atoms with E-state index in [2.05, 4.69) is 0 Å². The van der Waals surface area contributed by atoms with Gasteiger partial charge in [-0.3, -0.25) is 0 Å². The molecule has 1 aromatic carbocycles. The number of nitrogens with two attached hydrogens (primary N) is 1. The molecule has 1 aliphatic heterocycles. The van der Waals surface area contributed by atoms with Crippen molar-refractivity contribution >= 4 is 12.6 Å². The van der Waals surface area contributed by atoms with Crippen LogP contribution in [0, 0.1) is 5.82 Å². The molecule has 5 heteroatoms. The van der Waals surface area contributed by atoms with Crippen molar-refractivity contribution in [1.29, 1.82) is 0 Å². The van der Waals surface area contributed by atoms with Gasteiger partial charge >= 0.3 is 7.12 Å². The maximum Gasteiger partial charge on any atom is 0.495 e. The van der Waals surface area contributed by atoms with Crippen molar-refractivity contribution in [2.24, 2.45) is 5.73 Å². The van der Waals surface area contributed by atoms with Crippen molar-refractivity contribution < 1.29 is 13.7 Å². The van der Waals surface area contributed by atoms with E-state index in [1.165, 1.54) is 12.1 Å². The van der Waals surface area contributed by atoms with Gasteiger partial charge in [0.05, 0.1) is 11.2 Å². The second kappa shape index (κ2) is 4.06. The normalized spacial score (nSPS) is 25.8. The molecule has 1 saturated carbocycles. The Morgan fingerprint density at radius 1 is 1.10 bits per heavy atom. The van der Waals surface area contributed by atoms with E-state index in [1.807, 2.05) is 27.7 Å². The van der Waals surface area contributed by atoms with E-state index < -0.39 is 18.3 Å². The van der Waals surface area contributed by atoms with Crippen molar-refractivity contribution in [3.63, 3.8) is 0 Å². The minimum atomic E-state index is -0.563. The first-order chi connectivity index (χ1) is 9.15. The fourth-order valence-electron chi connectivity index (χ4n) is 2.56. The molecule has 20 heavy (non-hydrogen) atoms. The molecule has 1 aromatic rings. The number of hydrogen-bond acceptors (Lipinski definition) is 3. The molecule has 108 valence electrons. The lowest BCUT2D eigenvalue weighted by Gasteiger charge is -2.32. The summed E-state index contributed by atoms with van der Waals surface area (Å²) in [7, 11) is -0.563. The lowest BCUT2D eigenvalue weighted by Crippen LogP contribution is -2.41. The summed E-state index contributed by atoms with van der Waals surface area (Å²) in [4.78, 5) is 0. The zero-order valence-electron chi connectivity index (χ0n) is 12.5. The second-order valence-corrected chi connectivity index (χ2v) is 6.98. The second-order valence-electron chi connectivity index (χ2n) is 6.98. The predicted molar refractivity (Wildman–Crippen MR) is 77.2 cm³/mol. The summed E-state index contributed by atoms with van der Waals surface area (Å²) >= 11 is 0. The van der Waals surface area contributed by atoms with Gasteiger partial charge in [0.1, 0.15) is 5.82 Å². The lowest BCUT2D eigenvalue weighted by atomic mass is 9.73. The van der Waals surface area contributed by atoms with Crippen LogP contribution in [-0.4, -0.2) is 18.3 Å². The molecule has 0 atom stereocenters. The molecule has 0 aromatic heterocycles. The molecule has 2 N–H and O–H groups in total. The SMILES string of the molecule is CC1(C)OB(c2cc(F)ccc2C2(N)CC2)OC1(C)C. The molecule has 3 nitrogen and oxygen atoms in total. The van der Waals surface area contributed by atoms with E-state index in [9.17, 15) is 4.39 Å². The van der Waals surface area contributed by atoms with Crippen LogP contribution in [0.2, 0.25) is 0 Å². The van der Waals surface area contributed by atoms with Gasteiger partial charge in [-0.15, -0.1) is 0 Å². The highest BCUT2D eigenvalue weighted by atomic mass is 19.1. The first kappa shape index (κ1) is 14.0. The largest absolute Gasteiger partial charge is 0.495 e. The Morgan fingerprint density at radius 3 is 2.15 bits per heavy atom. The van der Waals surface area contributed by atoms with Gasteiger partial charge in [0.25, 0.3) is 0 Å². The number of rotatable bonds is 2. The molecular weight excluding hydrogens is 256 g/mol. The Bertz CT molecular complexity index is 539. The first-order valence-corrected chi connectivity index (χ1v) is 7.09. The van der Waals surface area contributed by atoms with Gasteiger partial charge in [-0.2, -0.15) is 0 Å². The molecule has 0 amide bonds. The first-order valence-electron chi connectivity index (χ1n) is 7.09. The Balaban J connectivity index is 2.01. The molecule has 1 heterocycles. The van der Waals surface area contributed by atoms with Crippen molar-refractivity contribution in [2.45, 2.75) is 57.3 Å².